The number of likely N-dealkylation sites (tertiary alicyclic amines) is 1. The molecule has 1 aromatic rings. The minimum atomic E-state index is -0.190. The molecule has 1 heterocycles. The van der Waals surface area contributed by atoms with E-state index in [1.54, 1.807) is 0 Å². The molecule has 0 bridgehead atoms. The van der Waals surface area contributed by atoms with Crippen LogP contribution in [0.15, 0.2) is 24.3 Å². The van der Waals surface area contributed by atoms with Gasteiger partial charge in [-0.25, -0.2) is 4.39 Å². The van der Waals surface area contributed by atoms with Gasteiger partial charge in [0.05, 0.1) is 6.10 Å². The highest BCUT2D eigenvalue weighted by Crippen LogP contribution is 2.27. The van der Waals surface area contributed by atoms with E-state index in [4.69, 9.17) is 4.74 Å². The Labute approximate surface area is 141 Å². The van der Waals surface area contributed by atoms with Crippen LogP contribution < -0.4 is 0 Å². The Balaban J connectivity index is 1.91. The van der Waals surface area contributed by atoms with Gasteiger partial charge in [-0.15, -0.1) is 0 Å². The van der Waals surface area contributed by atoms with Gasteiger partial charge >= 0.3 is 0 Å². The molecule has 1 fully saturated rings. The molecule has 130 valence electrons. The summed E-state index contributed by atoms with van der Waals surface area (Å²) in [5.41, 5.74) is 1.07. The second-order valence-corrected chi connectivity index (χ2v) is 7.43. The summed E-state index contributed by atoms with van der Waals surface area (Å²) in [6, 6.07) is 7.35. The predicted octanol–water partition coefficient (Wildman–Crippen LogP) is 5.05. The van der Waals surface area contributed by atoms with Crippen LogP contribution in [-0.2, 0) is 4.74 Å². The van der Waals surface area contributed by atoms with Gasteiger partial charge in [0.15, 0.2) is 0 Å². The predicted molar refractivity (Wildman–Crippen MR) is 94.0 cm³/mol. The molecule has 2 nitrogen and oxygen atoms in total. The van der Waals surface area contributed by atoms with Crippen molar-refractivity contribution in [2.24, 2.45) is 11.8 Å². The second-order valence-electron chi connectivity index (χ2n) is 7.43. The minimum absolute atomic E-state index is 0.0435. The molecule has 0 spiro atoms. The molecular weight excluding hydrogens is 289 g/mol. The highest BCUT2D eigenvalue weighted by molar-refractivity contribution is 5.19. The van der Waals surface area contributed by atoms with Gasteiger partial charge in [0.2, 0.25) is 0 Å². The summed E-state index contributed by atoms with van der Waals surface area (Å²) in [6.07, 6.45) is 3.77. The number of benzene rings is 1. The van der Waals surface area contributed by atoms with Crippen LogP contribution in [0.1, 0.15) is 58.6 Å². The first-order valence-corrected chi connectivity index (χ1v) is 9.10. The quantitative estimate of drug-likeness (QED) is 0.664. The summed E-state index contributed by atoms with van der Waals surface area (Å²) in [5, 5.41) is 0. The third kappa shape index (κ3) is 5.29. The third-order valence-electron chi connectivity index (χ3n) is 4.89. The second kappa shape index (κ2) is 8.79. The molecule has 0 aliphatic carbocycles. The van der Waals surface area contributed by atoms with Gasteiger partial charge in [-0.1, -0.05) is 39.8 Å². The van der Waals surface area contributed by atoms with Gasteiger partial charge in [0.25, 0.3) is 0 Å². The van der Waals surface area contributed by atoms with Crippen molar-refractivity contribution >= 4 is 0 Å². The molecule has 1 saturated heterocycles. The van der Waals surface area contributed by atoms with Gasteiger partial charge in [-0.2, -0.15) is 0 Å². The maximum absolute atomic E-state index is 13.1. The number of halogens is 1. The van der Waals surface area contributed by atoms with E-state index in [1.165, 1.54) is 38.1 Å². The summed E-state index contributed by atoms with van der Waals surface area (Å²) in [5.74, 6) is 0.843. The number of hydrogen-bond donors (Lipinski definition) is 0. The SMILES string of the molecule is CC(C)C(OCCC(C(C)C)N1CCCC1)c1ccc(F)cc1. The van der Waals surface area contributed by atoms with E-state index < -0.39 is 0 Å². The maximum atomic E-state index is 13.1. The first kappa shape index (κ1) is 18.4. The maximum Gasteiger partial charge on any atom is 0.123 e. The summed E-state index contributed by atoms with van der Waals surface area (Å²) < 4.78 is 19.3. The standard InChI is InChI=1S/C20H32FNO/c1-15(2)19(22-12-5-6-13-22)11-14-23-20(16(3)4)17-7-9-18(21)10-8-17/h7-10,15-16,19-20H,5-6,11-14H2,1-4H3. The van der Waals surface area contributed by atoms with Crippen molar-refractivity contribution in [3.63, 3.8) is 0 Å². The zero-order valence-corrected chi connectivity index (χ0v) is 15.1. The van der Waals surface area contributed by atoms with Crippen LogP contribution in [0, 0.1) is 17.7 Å². The first-order chi connectivity index (χ1) is 11.0. The Hall–Kier alpha value is -0.930. The van der Waals surface area contributed by atoms with Crippen molar-refractivity contribution in [3.8, 4) is 0 Å². The molecule has 0 N–H and O–H groups in total. The smallest absolute Gasteiger partial charge is 0.123 e. The molecule has 1 aromatic carbocycles. The van der Waals surface area contributed by atoms with E-state index >= 15 is 0 Å². The minimum Gasteiger partial charge on any atom is -0.373 e. The van der Waals surface area contributed by atoms with Gasteiger partial charge in [0, 0.05) is 12.6 Å². The Bertz CT molecular complexity index is 451. The monoisotopic (exact) mass is 321 g/mol. The summed E-state index contributed by atoms with van der Waals surface area (Å²) >= 11 is 0. The van der Waals surface area contributed by atoms with E-state index in [1.807, 2.05) is 12.1 Å². The van der Waals surface area contributed by atoms with Crippen molar-refractivity contribution in [3.05, 3.63) is 35.6 Å². The third-order valence-corrected chi connectivity index (χ3v) is 4.89. The largest absolute Gasteiger partial charge is 0.373 e. The zero-order valence-electron chi connectivity index (χ0n) is 15.1. The molecule has 1 aliphatic heterocycles. The van der Waals surface area contributed by atoms with Crippen LogP contribution >= 0.6 is 0 Å². The average molecular weight is 321 g/mol. The molecule has 23 heavy (non-hydrogen) atoms. The average Bonchev–Trinajstić information content (AvgIpc) is 3.02. The topological polar surface area (TPSA) is 12.5 Å². The Morgan fingerprint density at radius 1 is 1.00 bits per heavy atom. The van der Waals surface area contributed by atoms with E-state index in [0.717, 1.165) is 18.6 Å². The van der Waals surface area contributed by atoms with E-state index in [0.29, 0.717) is 17.9 Å². The number of nitrogens with zero attached hydrogens (tertiary/aromatic N) is 1. The summed E-state index contributed by atoms with van der Waals surface area (Å²) in [4.78, 5) is 2.62. The fraction of sp³-hybridized carbons (Fsp3) is 0.700. The van der Waals surface area contributed by atoms with Crippen molar-refractivity contribution in [1.82, 2.24) is 4.90 Å². The lowest BCUT2D eigenvalue weighted by molar-refractivity contribution is 0.00567. The van der Waals surface area contributed by atoms with Gasteiger partial charge < -0.3 is 9.64 Å². The van der Waals surface area contributed by atoms with Gasteiger partial charge in [-0.3, -0.25) is 0 Å². The highest BCUT2D eigenvalue weighted by atomic mass is 19.1. The lowest BCUT2D eigenvalue weighted by Gasteiger charge is -2.32. The summed E-state index contributed by atoms with van der Waals surface area (Å²) in [7, 11) is 0. The Morgan fingerprint density at radius 3 is 2.13 bits per heavy atom. The molecule has 2 unspecified atom stereocenters. The van der Waals surface area contributed by atoms with Gasteiger partial charge in [0.1, 0.15) is 5.82 Å². The van der Waals surface area contributed by atoms with Crippen LogP contribution in [0.5, 0.6) is 0 Å². The van der Waals surface area contributed by atoms with E-state index in [-0.39, 0.29) is 11.9 Å². The fourth-order valence-corrected chi connectivity index (χ4v) is 3.65. The summed E-state index contributed by atoms with van der Waals surface area (Å²) in [6.45, 7) is 12.2. The van der Waals surface area contributed by atoms with Crippen LogP contribution in [0.2, 0.25) is 0 Å². The highest BCUT2D eigenvalue weighted by Gasteiger charge is 2.25. The molecule has 2 rings (SSSR count). The van der Waals surface area contributed by atoms with Crippen LogP contribution in [0.25, 0.3) is 0 Å². The zero-order chi connectivity index (χ0) is 16.8. The Kier molecular flexibility index (Phi) is 7.04. The fourth-order valence-electron chi connectivity index (χ4n) is 3.65. The van der Waals surface area contributed by atoms with Crippen molar-refractivity contribution in [2.75, 3.05) is 19.7 Å². The molecular formula is C20H32FNO. The number of rotatable bonds is 8. The number of hydrogen-bond acceptors (Lipinski definition) is 2. The lowest BCUT2D eigenvalue weighted by atomic mass is 9.98. The number of ether oxygens (including phenoxy) is 1. The van der Waals surface area contributed by atoms with Crippen LogP contribution in [-0.4, -0.2) is 30.6 Å². The first-order valence-electron chi connectivity index (χ1n) is 9.10. The molecule has 1 aliphatic rings. The van der Waals surface area contributed by atoms with Crippen LogP contribution in [0.3, 0.4) is 0 Å². The normalized spacial score (nSPS) is 18.7. The van der Waals surface area contributed by atoms with Gasteiger partial charge in [-0.05, 0) is 61.9 Å². The van der Waals surface area contributed by atoms with Crippen LogP contribution in [0.4, 0.5) is 4.39 Å². The molecule has 0 saturated carbocycles. The lowest BCUT2D eigenvalue weighted by Crippen LogP contribution is -2.37. The molecule has 0 amide bonds. The van der Waals surface area contributed by atoms with E-state index in [9.17, 15) is 4.39 Å². The molecule has 0 aromatic heterocycles. The molecule has 0 radical (unpaired) electrons. The molecule has 2 atom stereocenters. The van der Waals surface area contributed by atoms with Crippen molar-refractivity contribution in [1.29, 1.82) is 0 Å². The van der Waals surface area contributed by atoms with Crippen molar-refractivity contribution in [2.45, 2.75) is 59.1 Å². The molecule has 3 heteroatoms. The Morgan fingerprint density at radius 2 is 1.61 bits per heavy atom. The van der Waals surface area contributed by atoms with Crippen molar-refractivity contribution < 1.29 is 9.13 Å². The van der Waals surface area contributed by atoms with E-state index in [2.05, 4.69) is 32.6 Å².